The molecule has 25 heavy (non-hydrogen) atoms. The number of alkyl halides is 3. The van der Waals surface area contributed by atoms with Crippen LogP contribution in [0.25, 0.3) is 0 Å². The van der Waals surface area contributed by atoms with Gasteiger partial charge in [0.15, 0.2) is 5.41 Å². The zero-order chi connectivity index (χ0) is 18.7. The minimum atomic E-state index is -4.68. The molecule has 5 nitrogen and oxygen atoms in total. The summed E-state index contributed by atoms with van der Waals surface area (Å²) in [6.07, 6.45) is -4.99. The van der Waals surface area contributed by atoms with Gasteiger partial charge in [-0.3, -0.25) is 14.5 Å². The fraction of sp³-hybridized carbons (Fsp3) is 0.529. The Bertz CT molecular complexity index is 619. The number of rotatable bonds is 5. The molecule has 0 spiro atoms. The second-order valence-corrected chi connectivity index (χ2v) is 6.50. The largest absolute Gasteiger partial charge is 0.404 e. The van der Waals surface area contributed by atoms with Crippen molar-refractivity contribution in [3.63, 3.8) is 0 Å². The standard InChI is InChI=1S/C17H22F3N3O2/c1-22(2)14(24)10-21-15(25)16(17(18,19)20)8-9-23(12-16)11-13-6-4-3-5-7-13/h3-7H,8-12H2,1-2H3,(H,21,25). The summed E-state index contributed by atoms with van der Waals surface area (Å²) < 4.78 is 41.0. The number of likely N-dealkylation sites (N-methyl/N-ethyl adjacent to an activating group) is 1. The topological polar surface area (TPSA) is 52.7 Å². The lowest BCUT2D eigenvalue weighted by molar-refractivity contribution is -0.218. The van der Waals surface area contributed by atoms with Gasteiger partial charge in [0.1, 0.15) is 0 Å². The van der Waals surface area contributed by atoms with Crippen LogP contribution < -0.4 is 5.32 Å². The minimum Gasteiger partial charge on any atom is -0.347 e. The number of benzene rings is 1. The first-order valence-corrected chi connectivity index (χ1v) is 7.97. The Kier molecular flexibility index (Phi) is 5.72. The molecule has 1 atom stereocenters. The highest BCUT2D eigenvalue weighted by molar-refractivity contribution is 5.88. The van der Waals surface area contributed by atoms with Crippen LogP contribution in [-0.4, -0.2) is 61.5 Å². The first-order valence-electron chi connectivity index (χ1n) is 7.97. The minimum absolute atomic E-state index is 0.170. The highest BCUT2D eigenvalue weighted by atomic mass is 19.4. The van der Waals surface area contributed by atoms with E-state index in [-0.39, 0.29) is 13.0 Å². The zero-order valence-corrected chi connectivity index (χ0v) is 14.3. The fourth-order valence-corrected chi connectivity index (χ4v) is 2.89. The van der Waals surface area contributed by atoms with E-state index in [2.05, 4.69) is 5.32 Å². The summed E-state index contributed by atoms with van der Waals surface area (Å²) in [6.45, 7) is -0.332. The number of nitrogens with zero attached hydrogens (tertiary/aromatic N) is 2. The highest BCUT2D eigenvalue weighted by Crippen LogP contribution is 2.46. The normalized spacial score (nSPS) is 21.2. The molecule has 1 aromatic carbocycles. The van der Waals surface area contributed by atoms with Gasteiger partial charge in [-0.1, -0.05) is 30.3 Å². The average molecular weight is 357 g/mol. The number of likely N-dealkylation sites (tertiary alicyclic amines) is 1. The Morgan fingerprint density at radius 3 is 2.44 bits per heavy atom. The first-order chi connectivity index (χ1) is 11.7. The Hall–Kier alpha value is -2.09. The molecule has 138 valence electrons. The molecule has 1 saturated heterocycles. The number of carbonyl (C=O) groups is 2. The van der Waals surface area contributed by atoms with Crippen LogP contribution in [0.2, 0.25) is 0 Å². The number of hydrogen-bond donors (Lipinski definition) is 1. The second-order valence-electron chi connectivity index (χ2n) is 6.50. The van der Waals surface area contributed by atoms with E-state index in [1.807, 2.05) is 30.3 Å². The van der Waals surface area contributed by atoms with Gasteiger partial charge in [0.25, 0.3) is 0 Å². The summed E-state index contributed by atoms with van der Waals surface area (Å²) in [7, 11) is 2.95. The molecule has 0 radical (unpaired) electrons. The lowest BCUT2D eigenvalue weighted by Gasteiger charge is -2.30. The molecule has 1 aromatic rings. The van der Waals surface area contributed by atoms with Crippen LogP contribution in [-0.2, 0) is 16.1 Å². The van der Waals surface area contributed by atoms with Crippen molar-refractivity contribution < 1.29 is 22.8 Å². The Balaban J connectivity index is 2.09. The van der Waals surface area contributed by atoms with Crippen LogP contribution in [0.1, 0.15) is 12.0 Å². The maximum Gasteiger partial charge on any atom is 0.404 e. The van der Waals surface area contributed by atoms with Gasteiger partial charge in [0.05, 0.1) is 6.54 Å². The van der Waals surface area contributed by atoms with Crippen molar-refractivity contribution in [2.75, 3.05) is 33.7 Å². The van der Waals surface area contributed by atoms with Crippen LogP contribution in [0.4, 0.5) is 13.2 Å². The van der Waals surface area contributed by atoms with E-state index < -0.39 is 36.5 Å². The van der Waals surface area contributed by atoms with Crippen molar-refractivity contribution in [1.82, 2.24) is 15.1 Å². The van der Waals surface area contributed by atoms with Gasteiger partial charge in [-0.25, -0.2) is 0 Å². The fourth-order valence-electron chi connectivity index (χ4n) is 2.89. The molecule has 2 amide bonds. The quantitative estimate of drug-likeness (QED) is 0.872. The molecule has 0 aromatic heterocycles. The smallest absolute Gasteiger partial charge is 0.347 e. The molecule has 8 heteroatoms. The highest BCUT2D eigenvalue weighted by Gasteiger charge is 2.62. The second kappa shape index (κ2) is 7.43. The van der Waals surface area contributed by atoms with E-state index in [0.717, 1.165) is 5.56 Å². The van der Waals surface area contributed by atoms with Crippen LogP contribution in [0, 0.1) is 5.41 Å². The molecule has 0 bridgehead atoms. The predicted molar refractivity (Wildman–Crippen MR) is 86.5 cm³/mol. The summed E-state index contributed by atoms with van der Waals surface area (Å²) in [5.74, 6) is -1.59. The third-order valence-electron chi connectivity index (χ3n) is 4.47. The van der Waals surface area contributed by atoms with Crippen LogP contribution in [0.15, 0.2) is 30.3 Å². The summed E-state index contributed by atoms with van der Waals surface area (Å²) in [6, 6.07) is 9.15. The van der Waals surface area contributed by atoms with Crippen LogP contribution in [0.5, 0.6) is 0 Å². The molecule has 1 unspecified atom stereocenters. The summed E-state index contributed by atoms with van der Waals surface area (Å²) in [4.78, 5) is 26.7. The molecule has 1 heterocycles. The predicted octanol–water partition coefficient (Wildman–Crippen LogP) is 1.65. The monoisotopic (exact) mass is 357 g/mol. The van der Waals surface area contributed by atoms with Crippen molar-refractivity contribution in [2.24, 2.45) is 5.41 Å². The average Bonchev–Trinajstić information content (AvgIpc) is 2.98. The van der Waals surface area contributed by atoms with E-state index in [1.54, 1.807) is 4.90 Å². The van der Waals surface area contributed by atoms with Crippen molar-refractivity contribution in [2.45, 2.75) is 19.1 Å². The number of amides is 2. The zero-order valence-electron chi connectivity index (χ0n) is 14.3. The van der Waals surface area contributed by atoms with Gasteiger partial charge in [0, 0.05) is 27.2 Å². The molecular formula is C17H22F3N3O2. The van der Waals surface area contributed by atoms with E-state index in [9.17, 15) is 22.8 Å². The maximum atomic E-state index is 13.7. The molecule has 0 aliphatic carbocycles. The van der Waals surface area contributed by atoms with Gasteiger partial charge in [-0.2, -0.15) is 13.2 Å². The van der Waals surface area contributed by atoms with Gasteiger partial charge < -0.3 is 10.2 Å². The Labute approximate surface area is 144 Å². The van der Waals surface area contributed by atoms with E-state index in [0.29, 0.717) is 6.54 Å². The third-order valence-corrected chi connectivity index (χ3v) is 4.47. The summed E-state index contributed by atoms with van der Waals surface area (Å²) >= 11 is 0. The summed E-state index contributed by atoms with van der Waals surface area (Å²) in [5, 5.41) is 2.16. The summed E-state index contributed by atoms with van der Waals surface area (Å²) in [5.41, 5.74) is -1.59. The van der Waals surface area contributed by atoms with Gasteiger partial charge >= 0.3 is 6.18 Å². The molecule has 1 N–H and O–H groups in total. The number of carbonyl (C=O) groups excluding carboxylic acids is 2. The lowest BCUT2D eigenvalue weighted by atomic mass is 9.85. The Morgan fingerprint density at radius 1 is 1.24 bits per heavy atom. The Morgan fingerprint density at radius 2 is 1.88 bits per heavy atom. The molecule has 0 saturated carbocycles. The van der Waals surface area contributed by atoms with Gasteiger partial charge in [-0.05, 0) is 18.5 Å². The van der Waals surface area contributed by atoms with Crippen LogP contribution in [0.3, 0.4) is 0 Å². The number of hydrogen-bond acceptors (Lipinski definition) is 3. The van der Waals surface area contributed by atoms with Crippen molar-refractivity contribution >= 4 is 11.8 Å². The third kappa shape index (κ3) is 4.31. The number of nitrogens with one attached hydrogen (secondary N) is 1. The first kappa shape index (κ1) is 19.2. The molecule has 2 rings (SSSR count). The molecular weight excluding hydrogens is 335 g/mol. The van der Waals surface area contributed by atoms with E-state index >= 15 is 0 Å². The lowest BCUT2D eigenvalue weighted by Crippen LogP contribution is -2.53. The van der Waals surface area contributed by atoms with Crippen LogP contribution >= 0.6 is 0 Å². The van der Waals surface area contributed by atoms with E-state index in [4.69, 9.17) is 0 Å². The van der Waals surface area contributed by atoms with Gasteiger partial charge in [-0.15, -0.1) is 0 Å². The van der Waals surface area contributed by atoms with Crippen molar-refractivity contribution in [3.8, 4) is 0 Å². The molecule has 1 fully saturated rings. The van der Waals surface area contributed by atoms with Crippen molar-refractivity contribution in [3.05, 3.63) is 35.9 Å². The van der Waals surface area contributed by atoms with E-state index in [1.165, 1.54) is 19.0 Å². The molecule has 1 aliphatic rings. The maximum absolute atomic E-state index is 13.7. The molecule has 1 aliphatic heterocycles. The van der Waals surface area contributed by atoms with Gasteiger partial charge in [0.2, 0.25) is 11.8 Å². The van der Waals surface area contributed by atoms with Crippen molar-refractivity contribution in [1.29, 1.82) is 0 Å². The SMILES string of the molecule is CN(C)C(=O)CNC(=O)C1(C(F)(F)F)CCN(Cc2ccccc2)C1. The number of halogens is 3.